The molecule has 0 atom stereocenters. The quantitative estimate of drug-likeness (QED) is 0.586. The first-order valence-corrected chi connectivity index (χ1v) is 9.95. The number of aromatic nitrogens is 1. The molecule has 5 nitrogen and oxygen atoms in total. The van der Waals surface area contributed by atoms with Gasteiger partial charge in [0, 0.05) is 44.9 Å². The third-order valence-corrected chi connectivity index (χ3v) is 5.47. The molecule has 1 aromatic heterocycles. The number of hydrogen-bond acceptors (Lipinski definition) is 4. The number of allylic oxidation sites excluding steroid dienone is 1. The molecule has 6 heteroatoms. The highest BCUT2D eigenvalue weighted by Gasteiger charge is 2.25. The molecule has 0 saturated carbocycles. The SMILES string of the molecule is CCCCCC#C/C=C/S(=O)(=O)N1CCN(c2ccccn2)CC1. The zero-order valence-electron chi connectivity index (χ0n) is 14.2. The van der Waals surface area contributed by atoms with E-state index in [4.69, 9.17) is 0 Å². The molecule has 130 valence electrons. The second kappa shape index (κ2) is 9.45. The van der Waals surface area contributed by atoms with Gasteiger partial charge in [0.25, 0.3) is 0 Å². The van der Waals surface area contributed by atoms with Crippen LogP contribution in [0.4, 0.5) is 5.82 Å². The predicted molar refractivity (Wildman–Crippen MR) is 98.0 cm³/mol. The molecule has 1 fully saturated rings. The van der Waals surface area contributed by atoms with Crippen molar-refractivity contribution in [1.82, 2.24) is 9.29 Å². The lowest BCUT2D eigenvalue weighted by molar-refractivity contribution is 0.389. The fourth-order valence-corrected chi connectivity index (χ4v) is 3.60. The standard InChI is InChI=1S/C18H25N3O2S/c1-2-3-4-5-6-7-10-17-24(22,23)21-15-13-20(14-16-21)18-11-8-9-12-19-18/h8-12,17H,2-5,13-16H2,1H3/b17-10+. The molecule has 2 heterocycles. The van der Waals surface area contributed by atoms with Crippen LogP contribution in [0.15, 0.2) is 35.9 Å². The summed E-state index contributed by atoms with van der Waals surface area (Å²) in [5, 5.41) is 1.22. The van der Waals surface area contributed by atoms with Crippen LogP contribution < -0.4 is 4.90 Å². The average molecular weight is 347 g/mol. The molecule has 1 aliphatic heterocycles. The highest BCUT2D eigenvalue weighted by molar-refractivity contribution is 7.92. The van der Waals surface area contributed by atoms with Crippen LogP contribution in [0.2, 0.25) is 0 Å². The topological polar surface area (TPSA) is 53.5 Å². The van der Waals surface area contributed by atoms with Crippen molar-refractivity contribution in [3.63, 3.8) is 0 Å². The lowest BCUT2D eigenvalue weighted by atomic mass is 10.2. The van der Waals surface area contributed by atoms with Crippen molar-refractivity contribution < 1.29 is 8.42 Å². The van der Waals surface area contributed by atoms with Gasteiger partial charge in [-0.3, -0.25) is 0 Å². The first-order valence-electron chi connectivity index (χ1n) is 8.44. The fourth-order valence-electron chi connectivity index (χ4n) is 2.51. The zero-order chi connectivity index (χ0) is 17.3. The van der Waals surface area contributed by atoms with E-state index >= 15 is 0 Å². The Kier molecular flexibility index (Phi) is 7.29. The number of sulfonamides is 1. The van der Waals surface area contributed by atoms with Crippen LogP contribution in [0, 0.1) is 11.8 Å². The van der Waals surface area contributed by atoms with Gasteiger partial charge >= 0.3 is 0 Å². The summed E-state index contributed by atoms with van der Waals surface area (Å²) in [6, 6.07) is 5.75. The van der Waals surface area contributed by atoms with Crippen LogP contribution in [0.3, 0.4) is 0 Å². The van der Waals surface area contributed by atoms with Crippen molar-refractivity contribution in [3.8, 4) is 11.8 Å². The van der Waals surface area contributed by atoms with Crippen molar-refractivity contribution in [2.45, 2.75) is 32.6 Å². The van der Waals surface area contributed by atoms with Gasteiger partial charge in [-0.2, -0.15) is 4.31 Å². The summed E-state index contributed by atoms with van der Waals surface area (Å²) in [4.78, 5) is 6.41. The van der Waals surface area contributed by atoms with Crippen LogP contribution in [-0.4, -0.2) is 43.9 Å². The molecule has 0 N–H and O–H groups in total. The summed E-state index contributed by atoms with van der Waals surface area (Å²) in [5.41, 5.74) is 0. The molecule has 0 amide bonds. The lowest BCUT2D eigenvalue weighted by Gasteiger charge is -2.33. The second-order valence-electron chi connectivity index (χ2n) is 5.70. The molecule has 24 heavy (non-hydrogen) atoms. The number of unbranched alkanes of at least 4 members (excludes halogenated alkanes) is 3. The highest BCUT2D eigenvalue weighted by Crippen LogP contribution is 2.15. The van der Waals surface area contributed by atoms with Gasteiger partial charge in [-0.15, -0.1) is 0 Å². The maximum atomic E-state index is 12.3. The van der Waals surface area contributed by atoms with Crippen molar-refractivity contribution in [2.75, 3.05) is 31.1 Å². The molecular formula is C18H25N3O2S. The van der Waals surface area contributed by atoms with E-state index in [1.54, 1.807) is 6.20 Å². The number of hydrogen-bond donors (Lipinski definition) is 0. The molecular weight excluding hydrogens is 322 g/mol. The Labute approximate surface area is 145 Å². The minimum atomic E-state index is -3.38. The van der Waals surface area contributed by atoms with Crippen molar-refractivity contribution in [1.29, 1.82) is 0 Å². The summed E-state index contributed by atoms with van der Waals surface area (Å²) >= 11 is 0. The number of pyridine rings is 1. The van der Waals surface area contributed by atoms with E-state index in [1.807, 2.05) is 18.2 Å². The number of rotatable bonds is 6. The Morgan fingerprint density at radius 3 is 2.67 bits per heavy atom. The van der Waals surface area contributed by atoms with Gasteiger partial charge < -0.3 is 4.90 Å². The maximum absolute atomic E-state index is 12.3. The summed E-state index contributed by atoms with van der Waals surface area (Å²) in [5.74, 6) is 6.70. The molecule has 0 aliphatic carbocycles. The van der Waals surface area contributed by atoms with E-state index in [0.29, 0.717) is 26.2 Å². The monoisotopic (exact) mass is 347 g/mol. The van der Waals surface area contributed by atoms with Crippen LogP contribution >= 0.6 is 0 Å². The molecule has 1 saturated heterocycles. The van der Waals surface area contributed by atoms with Gasteiger partial charge in [-0.05, 0) is 18.6 Å². The van der Waals surface area contributed by atoms with Gasteiger partial charge in [0.05, 0.1) is 5.41 Å². The molecule has 0 unspecified atom stereocenters. The summed E-state index contributed by atoms with van der Waals surface area (Å²) in [6.45, 7) is 4.37. The average Bonchev–Trinajstić information content (AvgIpc) is 2.62. The van der Waals surface area contributed by atoms with E-state index < -0.39 is 10.0 Å². The van der Waals surface area contributed by atoms with E-state index in [-0.39, 0.29) is 0 Å². The lowest BCUT2D eigenvalue weighted by Crippen LogP contribution is -2.48. The summed E-state index contributed by atoms with van der Waals surface area (Å²) in [6.07, 6.45) is 7.42. The van der Waals surface area contributed by atoms with E-state index in [2.05, 4.69) is 28.6 Å². The smallest absolute Gasteiger partial charge is 0.236 e. The van der Waals surface area contributed by atoms with Crippen LogP contribution in [-0.2, 0) is 10.0 Å². The summed E-state index contributed by atoms with van der Waals surface area (Å²) < 4.78 is 26.1. The molecule has 1 aliphatic rings. The Morgan fingerprint density at radius 1 is 1.21 bits per heavy atom. The molecule has 0 spiro atoms. The van der Waals surface area contributed by atoms with Crippen LogP contribution in [0.5, 0.6) is 0 Å². The maximum Gasteiger partial charge on any atom is 0.236 e. The van der Waals surface area contributed by atoms with Crippen molar-refractivity contribution >= 4 is 15.8 Å². The van der Waals surface area contributed by atoms with Gasteiger partial charge in [0.2, 0.25) is 10.0 Å². The Bertz CT molecular complexity index is 682. The van der Waals surface area contributed by atoms with Gasteiger partial charge in [0.1, 0.15) is 5.82 Å². The number of anilines is 1. The first kappa shape index (κ1) is 18.5. The van der Waals surface area contributed by atoms with E-state index in [9.17, 15) is 8.42 Å². The van der Waals surface area contributed by atoms with E-state index in [0.717, 1.165) is 31.5 Å². The third-order valence-electron chi connectivity index (χ3n) is 3.90. The first-order chi connectivity index (χ1) is 11.6. The molecule has 0 aromatic carbocycles. The molecule has 0 radical (unpaired) electrons. The van der Waals surface area contributed by atoms with Gasteiger partial charge in [-0.1, -0.05) is 37.7 Å². The minimum Gasteiger partial charge on any atom is -0.354 e. The summed E-state index contributed by atoms with van der Waals surface area (Å²) in [7, 11) is -3.38. The highest BCUT2D eigenvalue weighted by atomic mass is 32.2. The Balaban J connectivity index is 1.83. The Hall–Kier alpha value is -1.84. The van der Waals surface area contributed by atoms with Crippen LogP contribution in [0.1, 0.15) is 32.6 Å². The second-order valence-corrected chi connectivity index (χ2v) is 7.52. The van der Waals surface area contributed by atoms with Gasteiger partial charge in [0.15, 0.2) is 0 Å². The fraction of sp³-hybridized carbons (Fsp3) is 0.500. The molecule has 0 bridgehead atoms. The van der Waals surface area contributed by atoms with Crippen LogP contribution in [0.25, 0.3) is 0 Å². The predicted octanol–water partition coefficient (Wildman–Crippen LogP) is 2.63. The zero-order valence-corrected chi connectivity index (χ0v) is 15.0. The van der Waals surface area contributed by atoms with Crippen molar-refractivity contribution in [2.24, 2.45) is 0 Å². The Morgan fingerprint density at radius 2 is 2.00 bits per heavy atom. The number of piperazine rings is 1. The van der Waals surface area contributed by atoms with Gasteiger partial charge in [-0.25, -0.2) is 13.4 Å². The van der Waals surface area contributed by atoms with Crippen molar-refractivity contribution in [3.05, 3.63) is 35.9 Å². The molecule has 1 aromatic rings. The molecule has 2 rings (SSSR count). The number of nitrogens with zero attached hydrogens (tertiary/aromatic N) is 3. The van der Waals surface area contributed by atoms with E-state index in [1.165, 1.54) is 15.8 Å². The minimum absolute atomic E-state index is 0.465. The normalized spacial score (nSPS) is 16.1. The third kappa shape index (κ3) is 5.66. The largest absolute Gasteiger partial charge is 0.354 e.